The quantitative estimate of drug-likeness (QED) is 0.807. The molecule has 0 aromatic carbocycles. The number of nitrogens with zero attached hydrogens (tertiary/aromatic N) is 5. The summed E-state index contributed by atoms with van der Waals surface area (Å²) in [6.07, 6.45) is 1.16. The van der Waals surface area contributed by atoms with Crippen LogP contribution in [-0.4, -0.2) is 38.6 Å². The monoisotopic (exact) mass is 283 g/mol. The Hall–Kier alpha value is -1.79. The Labute approximate surface area is 116 Å². The fourth-order valence-corrected chi connectivity index (χ4v) is 2.17. The van der Waals surface area contributed by atoms with Crippen molar-refractivity contribution in [2.75, 3.05) is 18.0 Å². The number of aromatic nitrogens is 4. The molecule has 0 amide bonds. The molecule has 7 heteroatoms. The van der Waals surface area contributed by atoms with Crippen LogP contribution >= 0.6 is 0 Å². The van der Waals surface area contributed by atoms with Gasteiger partial charge in [0.15, 0.2) is 5.65 Å². The molecule has 3 heterocycles. The van der Waals surface area contributed by atoms with E-state index in [1.807, 2.05) is 31.7 Å². The summed E-state index contributed by atoms with van der Waals surface area (Å²) in [5.41, 5.74) is 1.50. The summed E-state index contributed by atoms with van der Waals surface area (Å²) < 4.78 is 27.9. The van der Waals surface area contributed by atoms with Crippen molar-refractivity contribution in [2.45, 2.75) is 39.5 Å². The molecule has 0 N–H and O–H groups in total. The Morgan fingerprint density at radius 2 is 1.85 bits per heavy atom. The Bertz CT molecular complexity index is 571. The largest absolute Gasteiger partial charge is 0.340 e. The van der Waals surface area contributed by atoms with Gasteiger partial charge < -0.3 is 4.90 Å². The molecule has 0 aliphatic carbocycles. The molecule has 2 aromatic rings. The lowest BCUT2D eigenvalue weighted by Crippen LogP contribution is -2.40. The third kappa shape index (κ3) is 2.86. The highest BCUT2D eigenvalue weighted by molar-refractivity contribution is 5.46. The molecule has 3 rings (SSSR count). The second-order valence-corrected chi connectivity index (χ2v) is 4.57. The number of alkyl halides is 2. The van der Waals surface area contributed by atoms with Gasteiger partial charge in [-0.05, 0) is 6.92 Å². The van der Waals surface area contributed by atoms with Crippen LogP contribution < -0.4 is 4.90 Å². The van der Waals surface area contributed by atoms with Crippen LogP contribution in [0.5, 0.6) is 0 Å². The number of hydrogen-bond acceptors (Lipinski definition) is 4. The first-order valence-corrected chi connectivity index (χ1v) is 6.85. The zero-order valence-electron chi connectivity index (χ0n) is 12.0. The number of hydrogen-bond donors (Lipinski definition) is 0. The third-order valence-electron chi connectivity index (χ3n) is 3.16. The SMILES string of the molecule is CC.Cc1cc2ncnn2c(N2CCC(F)(F)CC2)n1. The summed E-state index contributed by atoms with van der Waals surface area (Å²) in [4.78, 5) is 10.3. The molecular formula is C13H19F2N5. The molecule has 0 atom stereocenters. The zero-order chi connectivity index (χ0) is 14.8. The molecule has 0 radical (unpaired) electrons. The second-order valence-electron chi connectivity index (χ2n) is 4.57. The van der Waals surface area contributed by atoms with Crippen LogP contribution in [0.4, 0.5) is 14.7 Å². The van der Waals surface area contributed by atoms with E-state index in [4.69, 9.17) is 0 Å². The van der Waals surface area contributed by atoms with Crippen LogP contribution in [0.15, 0.2) is 12.4 Å². The van der Waals surface area contributed by atoms with Crippen molar-refractivity contribution in [2.24, 2.45) is 0 Å². The molecule has 0 bridgehead atoms. The maximum atomic E-state index is 13.1. The molecule has 2 aromatic heterocycles. The lowest BCUT2D eigenvalue weighted by molar-refractivity contribution is -0.0223. The molecule has 0 saturated carbocycles. The van der Waals surface area contributed by atoms with Gasteiger partial charge in [-0.1, -0.05) is 13.8 Å². The van der Waals surface area contributed by atoms with E-state index in [1.54, 1.807) is 4.52 Å². The van der Waals surface area contributed by atoms with Gasteiger partial charge in [0.05, 0.1) is 0 Å². The predicted octanol–water partition coefficient (Wildman–Crippen LogP) is 2.69. The van der Waals surface area contributed by atoms with Gasteiger partial charge in [-0.15, -0.1) is 0 Å². The smallest absolute Gasteiger partial charge is 0.251 e. The number of fused-ring (bicyclic) bond motifs is 1. The van der Waals surface area contributed by atoms with Crippen LogP contribution in [0.3, 0.4) is 0 Å². The van der Waals surface area contributed by atoms with Gasteiger partial charge in [-0.2, -0.15) is 9.61 Å². The lowest BCUT2D eigenvalue weighted by Gasteiger charge is -2.32. The minimum Gasteiger partial charge on any atom is -0.340 e. The van der Waals surface area contributed by atoms with Crippen molar-refractivity contribution in [3.63, 3.8) is 0 Å². The number of aryl methyl sites for hydroxylation is 1. The summed E-state index contributed by atoms with van der Waals surface area (Å²) in [7, 11) is 0. The Morgan fingerprint density at radius 3 is 2.50 bits per heavy atom. The summed E-state index contributed by atoms with van der Waals surface area (Å²) >= 11 is 0. The van der Waals surface area contributed by atoms with Gasteiger partial charge in [0.25, 0.3) is 5.92 Å². The predicted molar refractivity (Wildman–Crippen MR) is 73.3 cm³/mol. The highest BCUT2D eigenvalue weighted by Gasteiger charge is 2.35. The minimum atomic E-state index is -2.55. The molecule has 20 heavy (non-hydrogen) atoms. The Balaban J connectivity index is 0.000000704. The Morgan fingerprint density at radius 1 is 1.20 bits per heavy atom. The van der Waals surface area contributed by atoms with E-state index in [1.165, 1.54) is 6.33 Å². The van der Waals surface area contributed by atoms with E-state index in [2.05, 4.69) is 15.1 Å². The van der Waals surface area contributed by atoms with E-state index in [0.717, 1.165) is 5.69 Å². The topological polar surface area (TPSA) is 46.3 Å². The van der Waals surface area contributed by atoms with Gasteiger partial charge >= 0.3 is 0 Å². The maximum absolute atomic E-state index is 13.1. The van der Waals surface area contributed by atoms with E-state index >= 15 is 0 Å². The molecule has 1 aliphatic heterocycles. The molecule has 1 aliphatic rings. The average molecular weight is 283 g/mol. The zero-order valence-corrected chi connectivity index (χ0v) is 12.0. The highest BCUT2D eigenvalue weighted by atomic mass is 19.3. The van der Waals surface area contributed by atoms with Crippen LogP contribution in [-0.2, 0) is 0 Å². The molecule has 5 nitrogen and oxygen atoms in total. The summed E-state index contributed by atoms with van der Waals surface area (Å²) in [6.45, 7) is 6.44. The number of anilines is 1. The molecule has 1 saturated heterocycles. The van der Waals surface area contributed by atoms with Gasteiger partial charge in [0, 0.05) is 37.7 Å². The van der Waals surface area contributed by atoms with E-state index < -0.39 is 5.92 Å². The second kappa shape index (κ2) is 5.68. The lowest BCUT2D eigenvalue weighted by atomic mass is 10.1. The fourth-order valence-electron chi connectivity index (χ4n) is 2.17. The average Bonchev–Trinajstić information content (AvgIpc) is 2.88. The van der Waals surface area contributed by atoms with Crippen molar-refractivity contribution in [3.8, 4) is 0 Å². The Kier molecular flexibility index (Phi) is 4.15. The molecule has 0 unspecified atom stereocenters. The summed E-state index contributed by atoms with van der Waals surface area (Å²) in [6, 6.07) is 1.81. The normalized spacial score (nSPS) is 17.8. The van der Waals surface area contributed by atoms with Gasteiger partial charge in [-0.3, -0.25) is 0 Å². The van der Waals surface area contributed by atoms with Gasteiger partial charge in [0.1, 0.15) is 6.33 Å². The van der Waals surface area contributed by atoms with Crippen LogP contribution in [0.1, 0.15) is 32.4 Å². The first-order valence-electron chi connectivity index (χ1n) is 6.85. The number of piperidine rings is 1. The van der Waals surface area contributed by atoms with Crippen LogP contribution in [0.25, 0.3) is 5.65 Å². The van der Waals surface area contributed by atoms with Crippen molar-refractivity contribution < 1.29 is 8.78 Å². The van der Waals surface area contributed by atoms with E-state index in [0.29, 0.717) is 24.7 Å². The number of rotatable bonds is 1. The molecule has 1 fully saturated rings. The maximum Gasteiger partial charge on any atom is 0.251 e. The van der Waals surface area contributed by atoms with Gasteiger partial charge in [-0.25, -0.2) is 18.7 Å². The fraction of sp³-hybridized carbons (Fsp3) is 0.615. The van der Waals surface area contributed by atoms with Crippen molar-refractivity contribution in [1.82, 2.24) is 19.6 Å². The number of halogens is 2. The standard InChI is InChI=1S/C11H13F2N5.C2H6/c1-8-6-9-14-7-15-18(9)10(16-8)17-4-2-11(12,13)3-5-17;1-2/h6-7H,2-5H2,1H3;1-2H3. The van der Waals surface area contributed by atoms with E-state index in [-0.39, 0.29) is 12.8 Å². The molecular weight excluding hydrogens is 264 g/mol. The van der Waals surface area contributed by atoms with E-state index in [9.17, 15) is 8.78 Å². The van der Waals surface area contributed by atoms with Crippen LogP contribution in [0, 0.1) is 6.92 Å². The first kappa shape index (κ1) is 14.6. The van der Waals surface area contributed by atoms with Crippen LogP contribution in [0.2, 0.25) is 0 Å². The molecule has 0 spiro atoms. The molecule has 110 valence electrons. The minimum absolute atomic E-state index is 0.140. The van der Waals surface area contributed by atoms with Crippen molar-refractivity contribution >= 4 is 11.6 Å². The summed E-state index contributed by atoms with van der Waals surface area (Å²) in [5.74, 6) is -1.96. The van der Waals surface area contributed by atoms with Crippen molar-refractivity contribution in [3.05, 3.63) is 18.1 Å². The first-order chi connectivity index (χ1) is 9.55. The van der Waals surface area contributed by atoms with Gasteiger partial charge in [0.2, 0.25) is 5.95 Å². The van der Waals surface area contributed by atoms with Crippen molar-refractivity contribution in [1.29, 1.82) is 0 Å². The third-order valence-corrected chi connectivity index (χ3v) is 3.16. The summed E-state index contributed by atoms with van der Waals surface area (Å²) in [5, 5.41) is 4.09. The highest BCUT2D eigenvalue weighted by Crippen LogP contribution is 2.29.